The summed E-state index contributed by atoms with van der Waals surface area (Å²) in [5.41, 5.74) is 20.9. The summed E-state index contributed by atoms with van der Waals surface area (Å²) in [6.45, 7) is 5.09. The van der Waals surface area contributed by atoms with Gasteiger partial charge in [0.15, 0.2) is 0 Å². The molecule has 5 atom stereocenters. The van der Waals surface area contributed by atoms with Gasteiger partial charge in [-0.2, -0.15) is 0 Å². The summed E-state index contributed by atoms with van der Waals surface area (Å²) >= 11 is 1.93. The van der Waals surface area contributed by atoms with Gasteiger partial charge in [0.05, 0.1) is 0 Å². The van der Waals surface area contributed by atoms with Gasteiger partial charge >= 0.3 is 0 Å². The Morgan fingerprint density at radius 1 is 0.439 bits per heavy atom. The minimum Gasteiger partial charge on any atom is -0.310 e. The molecule has 8 aromatic carbocycles. The van der Waals surface area contributed by atoms with E-state index in [1.165, 1.54) is 144 Å². The Morgan fingerprint density at radius 3 is 1.91 bits per heavy atom. The van der Waals surface area contributed by atoms with Crippen molar-refractivity contribution in [1.29, 1.82) is 0 Å². The van der Waals surface area contributed by atoms with Gasteiger partial charge in [-0.3, -0.25) is 0 Å². The van der Waals surface area contributed by atoms with E-state index in [2.05, 4.69) is 195 Å². The van der Waals surface area contributed by atoms with Crippen LogP contribution in [0.2, 0.25) is 0 Å². The molecule has 0 aliphatic heterocycles. The molecule has 0 N–H and O–H groups in total. The van der Waals surface area contributed by atoms with Crippen molar-refractivity contribution in [2.45, 2.75) is 76.0 Å². The predicted molar refractivity (Wildman–Crippen MR) is 280 cm³/mol. The highest BCUT2D eigenvalue weighted by Crippen LogP contribution is 2.65. The maximum absolute atomic E-state index is 2.58. The Kier molecular flexibility index (Phi) is 8.65. The highest BCUT2D eigenvalue weighted by atomic mass is 32.1. The van der Waals surface area contributed by atoms with Gasteiger partial charge in [0.25, 0.3) is 0 Å². The number of nitrogens with zero attached hydrogens (tertiary/aromatic N) is 1. The number of rotatable bonds is 5. The summed E-state index contributed by atoms with van der Waals surface area (Å²) in [4.78, 5) is 2.51. The summed E-state index contributed by atoms with van der Waals surface area (Å²) in [6.07, 6.45) is 10.5. The van der Waals surface area contributed by atoms with Crippen molar-refractivity contribution in [3.8, 4) is 44.5 Å². The van der Waals surface area contributed by atoms with Crippen LogP contribution in [0, 0.1) is 23.7 Å². The third-order valence-corrected chi connectivity index (χ3v) is 18.7. The molecule has 3 fully saturated rings. The summed E-state index contributed by atoms with van der Waals surface area (Å²) in [7, 11) is 0. The molecule has 5 aliphatic rings. The molecule has 66 heavy (non-hydrogen) atoms. The summed E-state index contributed by atoms with van der Waals surface area (Å²) < 4.78 is 2.67. The Morgan fingerprint density at radius 2 is 1.08 bits per heavy atom. The first-order chi connectivity index (χ1) is 32.5. The summed E-state index contributed by atoms with van der Waals surface area (Å²) in [5.74, 6) is 3.07. The minimum absolute atomic E-state index is 0.103. The second-order valence-corrected chi connectivity index (χ2v) is 22.1. The lowest BCUT2D eigenvalue weighted by Gasteiger charge is -2.54. The van der Waals surface area contributed by atoms with Crippen molar-refractivity contribution in [2.24, 2.45) is 23.7 Å². The molecule has 5 aliphatic carbocycles. The predicted octanol–water partition coefficient (Wildman–Crippen LogP) is 18.1. The van der Waals surface area contributed by atoms with Crippen LogP contribution in [-0.4, -0.2) is 0 Å². The number of hydrogen-bond donors (Lipinski definition) is 0. The Labute approximate surface area is 393 Å². The van der Waals surface area contributed by atoms with Crippen molar-refractivity contribution >= 4 is 48.6 Å². The van der Waals surface area contributed by atoms with Gasteiger partial charge in [-0.05, 0) is 184 Å². The highest BCUT2D eigenvalue weighted by Gasteiger charge is 2.56. The quantitative estimate of drug-likeness (QED) is 0.167. The van der Waals surface area contributed by atoms with Crippen LogP contribution in [0.3, 0.4) is 0 Å². The molecule has 0 amide bonds. The molecular formula is C64H55NS. The largest absolute Gasteiger partial charge is 0.310 e. The lowest BCUT2D eigenvalue weighted by molar-refractivity contribution is 0.0426. The number of fused-ring (bicyclic) bond motifs is 16. The van der Waals surface area contributed by atoms with Crippen LogP contribution in [0.1, 0.15) is 87.5 Å². The van der Waals surface area contributed by atoms with E-state index in [-0.39, 0.29) is 10.8 Å². The van der Waals surface area contributed by atoms with E-state index >= 15 is 0 Å². The maximum Gasteiger partial charge on any atom is 0.0468 e. The van der Waals surface area contributed by atoms with Gasteiger partial charge in [0.2, 0.25) is 0 Å². The van der Waals surface area contributed by atoms with E-state index < -0.39 is 0 Å². The summed E-state index contributed by atoms with van der Waals surface area (Å²) in [6, 6.07) is 68.0. The summed E-state index contributed by atoms with van der Waals surface area (Å²) in [5, 5.41) is 2.65. The standard InChI is InChI=1S/C64H55NS/c1-40-32-42-34-41(2)64(47(33-40)35-42)58-17-9-7-15-52(58)55-36-45(21-28-59(55)64)46-20-26-54-56-38-49(25-29-61(56)66-62(54)37-46)65(48-22-18-44(19-23-48)43-12-4-3-5-13-43)50-24-27-53-51-14-6-8-16-57(51)63(60(53)39-50)30-10-11-31-63/h3-9,12-29,36-42,47H,10-11,30-35H2,1-2H3/t40-,41+,42?,47?,64-/m1/s1. The lowest BCUT2D eigenvalue weighted by atomic mass is 9.49. The average molecular weight is 870 g/mol. The van der Waals surface area contributed by atoms with Crippen molar-refractivity contribution in [3.63, 3.8) is 0 Å². The van der Waals surface area contributed by atoms with Crippen LogP contribution < -0.4 is 4.90 Å². The van der Waals surface area contributed by atoms with Crippen LogP contribution in [-0.2, 0) is 10.8 Å². The second-order valence-electron chi connectivity index (χ2n) is 21.0. The molecule has 0 radical (unpaired) electrons. The first-order valence-electron chi connectivity index (χ1n) is 24.9. The van der Waals surface area contributed by atoms with Crippen LogP contribution in [0.5, 0.6) is 0 Å². The first-order valence-corrected chi connectivity index (χ1v) is 25.7. The molecule has 0 saturated heterocycles. The van der Waals surface area contributed by atoms with Crippen LogP contribution in [0.15, 0.2) is 176 Å². The topological polar surface area (TPSA) is 3.24 Å². The van der Waals surface area contributed by atoms with E-state index in [1.807, 2.05) is 11.3 Å². The van der Waals surface area contributed by atoms with Crippen molar-refractivity contribution in [1.82, 2.24) is 0 Å². The van der Waals surface area contributed by atoms with Gasteiger partial charge in [-0.25, -0.2) is 0 Å². The smallest absolute Gasteiger partial charge is 0.0468 e. The highest BCUT2D eigenvalue weighted by molar-refractivity contribution is 7.25. The van der Waals surface area contributed by atoms with E-state index in [9.17, 15) is 0 Å². The van der Waals surface area contributed by atoms with Crippen LogP contribution in [0.4, 0.5) is 17.1 Å². The average Bonchev–Trinajstić information content (AvgIpc) is 4.13. The fraction of sp³-hybridized carbons (Fsp3) is 0.250. The third kappa shape index (κ3) is 5.58. The maximum atomic E-state index is 2.58. The molecule has 9 aromatic rings. The van der Waals surface area contributed by atoms with Gasteiger partial charge in [0.1, 0.15) is 0 Å². The Hall–Kier alpha value is -6.22. The zero-order chi connectivity index (χ0) is 43.7. The van der Waals surface area contributed by atoms with Gasteiger partial charge in [-0.15, -0.1) is 11.3 Å². The van der Waals surface area contributed by atoms with Crippen LogP contribution in [0.25, 0.3) is 64.7 Å². The zero-order valence-corrected chi connectivity index (χ0v) is 38.9. The van der Waals surface area contributed by atoms with Crippen LogP contribution >= 0.6 is 11.3 Å². The molecule has 1 heterocycles. The second kappa shape index (κ2) is 14.6. The Bertz CT molecular complexity index is 3380. The fourth-order valence-corrected chi connectivity index (χ4v) is 16.1. The molecule has 1 nitrogen and oxygen atoms in total. The fourth-order valence-electron chi connectivity index (χ4n) is 15.0. The molecule has 2 spiro atoms. The van der Waals surface area contributed by atoms with E-state index in [1.54, 1.807) is 11.1 Å². The molecule has 322 valence electrons. The zero-order valence-electron chi connectivity index (χ0n) is 38.1. The molecule has 1 aromatic heterocycles. The molecule has 2 bridgehead atoms. The van der Waals surface area contributed by atoms with Crippen molar-refractivity contribution in [2.75, 3.05) is 4.90 Å². The van der Waals surface area contributed by atoms with Gasteiger partial charge in [0, 0.05) is 48.1 Å². The lowest BCUT2D eigenvalue weighted by Crippen LogP contribution is -2.49. The molecule has 3 saturated carbocycles. The molecule has 2 heteroatoms. The van der Waals surface area contributed by atoms with Gasteiger partial charge in [-0.1, -0.05) is 148 Å². The van der Waals surface area contributed by atoms with Crippen molar-refractivity contribution in [3.05, 3.63) is 198 Å². The number of anilines is 3. The third-order valence-electron chi connectivity index (χ3n) is 17.5. The normalized spacial score (nSPS) is 23.0. The number of thiophene rings is 1. The van der Waals surface area contributed by atoms with Gasteiger partial charge < -0.3 is 4.90 Å². The molecule has 14 rings (SSSR count). The molecular weight excluding hydrogens is 815 g/mol. The monoisotopic (exact) mass is 869 g/mol. The van der Waals surface area contributed by atoms with E-state index in [4.69, 9.17) is 0 Å². The van der Waals surface area contributed by atoms with Crippen molar-refractivity contribution < 1.29 is 0 Å². The number of hydrogen-bond acceptors (Lipinski definition) is 2. The first kappa shape index (κ1) is 39.0. The van der Waals surface area contributed by atoms with E-state index in [0.29, 0.717) is 5.92 Å². The van der Waals surface area contributed by atoms with E-state index in [0.717, 1.165) is 17.8 Å². The minimum atomic E-state index is 0.103. The molecule has 2 unspecified atom stereocenters. The Balaban J connectivity index is 0.868. The number of benzene rings is 8. The SMILES string of the molecule is C[C@@H]1CC2CC(C1)[C@@]1(c3ccccc3-c3cc(-c4ccc5c(c4)sc4ccc(N(c6ccc(-c7ccccc7)cc6)c6ccc7c(c6)C6(CCCC6)c6ccccc6-7)cc45)ccc31)[C@@H](C)C2.